The number of hydrogen-bond acceptors (Lipinski definition) is 3. The van der Waals surface area contributed by atoms with Gasteiger partial charge in [-0.05, 0) is 30.9 Å². The summed E-state index contributed by atoms with van der Waals surface area (Å²) >= 11 is 0. The fourth-order valence-electron chi connectivity index (χ4n) is 2.37. The maximum absolute atomic E-state index is 5.05. The lowest BCUT2D eigenvalue weighted by Gasteiger charge is -2.37. The molecule has 1 aromatic carbocycles. The second kappa shape index (κ2) is 6.76. The highest BCUT2D eigenvalue weighted by Crippen LogP contribution is 2.30. The number of ether oxygens (including phenoxy) is 1. The van der Waals surface area contributed by atoms with Gasteiger partial charge in [0.05, 0.1) is 6.61 Å². The van der Waals surface area contributed by atoms with Gasteiger partial charge in [-0.3, -0.25) is 0 Å². The van der Waals surface area contributed by atoms with Crippen LogP contribution in [0.1, 0.15) is 24.8 Å². The molecule has 1 saturated carbocycles. The third kappa shape index (κ3) is 3.24. The van der Waals surface area contributed by atoms with E-state index in [1.165, 1.54) is 30.5 Å². The fraction of sp³-hybridized carbons (Fsp3) is 0.600. The summed E-state index contributed by atoms with van der Waals surface area (Å²) in [5, 5.41) is 3.42. The summed E-state index contributed by atoms with van der Waals surface area (Å²) in [6, 6.07) is 9.43. The summed E-state index contributed by atoms with van der Waals surface area (Å²) < 4.78 is 5.05. The quantitative estimate of drug-likeness (QED) is 0.750. The van der Waals surface area contributed by atoms with Gasteiger partial charge >= 0.3 is 0 Å². The van der Waals surface area contributed by atoms with Crippen molar-refractivity contribution in [2.24, 2.45) is 0 Å². The molecular formula is C15H24N2O. The van der Waals surface area contributed by atoms with Crippen LogP contribution in [0.15, 0.2) is 24.3 Å². The summed E-state index contributed by atoms with van der Waals surface area (Å²) in [5.74, 6) is 0. The summed E-state index contributed by atoms with van der Waals surface area (Å²) in [6.07, 6.45) is 4.05. The largest absolute Gasteiger partial charge is 0.383 e. The van der Waals surface area contributed by atoms with Gasteiger partial charge in [0.2, 0.25) is 0 Å². The van der Waals surface area contributed by atoms with Crippen LogP contribution in [0.5, 0.6) is 0 Å². The Kier molecular flexibility index (Phi) is 5.02. The van der Waals surface area contributed by atoms with E-state index in [1.54, 1.807) is 7.11 Å². The summed E-state index contributed by atoms with van der Waals surface area (Å²) in [6.45, 7) is 2.58. The SMILES string of the molecule is COCCNCc1ccccc1N(C)C1CCC1. The highest BCUT2D eigenvalue weighted by atomic mass is 16.5. The van der Waals surface area contributed by atoms with Crippen LogP contribution in [0, 0.1) is 0 Å². The molecule has 1 aliphatic rings. The van der Waals surface area contributed by atoms with Gasteiger partial charge in [0, 0.05) is 39.0 Å². The van der Waals surface area contributed by atoms with Crippen molar-refractivity contribution >= 4 is 5.69 Å². The predicted octanol–water partition coefficient (Wildman–Crippen LogP) is 2.41. The first-order chi connectivity index (χ1) is 8.83. The van der Waals surface area contributed by atoms with Crippen LogP contribution in [-0.4, -0.2) is 33.4 Å². The minimum Gasteiger partial charge on any atom is -0.383 e. The van der Waals surface area contributed by atoms with Crippen LogP contribution >= 0.6 is 0 Å². The van der Waals surface area contributed by atoms with Gasteiger partial charge in [-0.2, -0.15) is 0 Å². The number of benzene rings is 1. The van der Waals surface area contributed by atoms with E-state index < -0.39 is 0 Å². The first kappa shape index (κ1) is 13.4. The van der Waals surface area contributed by atoms with Crippen molar-refractivity contribution in [3.05, 3.63) is 29.8 Å². The van der Waals surface area contributed by atoms with Crippen molar-refractivity contribution in [1.29, 1.82) is 0 Å². The summed E-state index contributed by atoms with van der Waals surface area (Å²) in [4.78, 5) is 2.44. The van der Waals surface area contributed by atoms with Crippen molar-refractivity contribution in [3.8, 4) is 0 Å². The number of methoxy groups -OCH3 is 1. The van der Waals surface area contributed by atoms with Crippen molar-refractivity contribution in [3.63, 3.8) is 0 Å². The Morgan fingerprint density at radius 3 is 2.78 bits per heavy atom. The molecule has 0 bridgehead atoms. The van der Waals surface area contributed by atoms with Gasteiger partial charge < -0.3 is 15.0 Å². The Labute approximate surface area is 110 Å². The van der Waals surface area contributed by atoms with E-state index in [-0.39, 0.29) is 0 Å². The molecule has 0 amide bonds. The first-order valence-corrected chi connectivity index (χ1v) is 6.83. The molecule has 0 heterocycles. The van der Waals surface area contributed by atoms with Crippen molar-refractivity contribution < 1.29 is 4.74 Å². The van der Waals surface area contributed by atoms with Gasteiger partial charge in [0.1, 0.15) is 0 Å². The van der Waals surface area contributed by atoms with E-state index in [1.807, 2.05) is 0 Å². The highest BCUT2D eigenvalue weighted by Gasteiger charge is 2.23. The van der Waals surface area contributed by atoms with E-state index in [0.29, 0.717) is 0 Å². The van der Waals surface area contributed by atoms with Crippen LogP contribution in [0.2, 0.25) is 0 Å². The Morgan fingerprint density at radius 2 is 2.11 bits per heavy atom. The van der Waals surface area contributed by atoms with Gasteiger partial charge in [-0.25, -0.2) is 0 Å². The minimum absolute atomic E-state index is 0.741. The monoisotopic (exact) mass is 248 g/mol. The van der Waals surface area contributed by atoms with E-state index in [2.05, 4.69) is 41.5 Å². The Hall–Kier alpha value is -1.06. The molecule has 0 atom stereocenters. The molecule has 0 spiro atoms. The van der Waals surface area contributed by atoms with Gasteiger partial charge in [-0.15, -0.1) is 0 Å². The van der Waals surface area contributed by atoms with Crippen molar-refractivity contribution in [2.45, 2.75) is 31.8 Å². The van der Waals surface area contributed by atoms with E-state index in [9.17, 15) is 0 Å². The van der Waals surface area contributed by atoms with Crippen LogP contribution in [0.3, 0.4) is 0 Å². The third-order valence-corrected chi connectivity index (χ3v) is 3.79. The molecule has 0 radical (unpaired) electrons. The molecule has 3 nitrogen and oxygen atoms in total. The molecule has 0 saturated heterocycles. The highest BCUT2D eigenvalue weighted by molar-refractivity contribution is 5.54. The molecule has 0 aliphatic heterocycles. The molecule has 1 N–H and O–H groups in total. The standard InChI is InChI=1S/C15H24N2O/c1-17(14-7-5-8-14)15-9-4-3-6-13(15)12-16-10-11-18-2/h3-4,6,9,14,16H,5,7-8,10-12H2,1-2H3. The predicted molar refractivity (Wildman–Crippen MR) is 76.1 cm³/mol. The van der Waals surface area contributed by atoms with Gasteiger partial charge in [0.15, 0.2) is 0 Å². The van der Waals surface area contributed by atoms with E-state index in [4.69, 9.17) is 4.74 Å². The van der Waals surface area contributed by atoms with Crippen LogP contribution in [-0.2, 0) is 11.3 Å². The second-order valence-electron chi connectivity index (χ2n) is 4.99. The second-order valence-corrected chi connectivity index (χ2v) is 4.99. The smallest absolute Gasteiger partial charge is 0.0587 e. The molecule has 0 unspecified atom stereocenters. The molecule has 1 aliphatic carbocycles. The molecule has 18 heavy (non-hydrogen) atoms. The lowest BCUT2D eigenvalue weighted by atomic mass is 9.91. The zero-order valence-corrected chi connectivity index (χ0v) is 11.5. The average molecular weight is 248 g/mol. The van der Waals surface area contributed by atoms with Gasteiger partial charge in [0.25, 0.3) is 0 Å². The number of nitrogens with one attached hydrogen (secondary N) is 1. The number of anilines is 1. The number of hydrogen-bond donors (Lipinski definition) is 1. The Morgan fingerprint density at radius 1 is 1.33 bits per heavy atom. The number of para-hydroxylation sites is 1. The minimum atomic E-state index is 0.741. The molecule has 2 rings (SSSR count). The molecular weight excluding hydrogens is 224 g/mol. The molecule has 0 aromatic heterocycles. The zero-order chi connectivity index (χ0) is 12.8. The van der Waals surface area contributed by atoms with E-state index >= 15 is 0 Å². The maximum Gasteiger partial charge on any atom is 0.0587 e. The topological polar surface area (TPSA) is 24.5 Å². The lowest BCUT2D eigenvalue weighted by molar-refractivity contribution is 0.199. The first-order valence-electron chi connectivity index (χ1n) is 6.83. The van der Waals surface area contributed by atoms with Crippen LogP contribution < -0.4 is 10.2 Å². The van der Waals surface area contributed by atoms with Crippen molar-refractivity contribution in [1.82, 2.24) is 5.32 Å². The normalized spacial score (nSPS) is 15.4. The molecule has 3 heteroatoms. The number of nitrogens with zero attached hydrogens (tertiary/aromatic N) is 1. The zero-order valence-electron chi connectivity index (χ0n) is 11.5. The van der Waals surface area contributed by atoms with E-state index in [0.717, 1.165) is 25.7 Å². The maximum atomic E-state index is 5.05. The molecule has 100 valence electrons. The van der Waals surface area contributed by atoms with Crippen LogP contribution in [0.4, 0.5) is 5.69 Å². The lowest BCUT2D eigenvalue weighted by Crippen LogP contribution is -2.37. The van der Waals surface area contributed by atoms with Crippen LogP contribution in [0.25, 0.3) is 0 Å². The average Bonchev–Trinajstić information content (AvgIpc) is 2.33. The summed E-state index contributed by atoms with van der Waals surface area (Å²) in [5.41, 5.74) is 2.75. The number of rotatable bonds is 7. The van der Waals surface area contributed by atoms with Crippen molar-refractivity contribution in [2.75, 3.05) is 32.2 Å². The Balaban J connectivity index is 1.95. The Bertz CT molecular complexity index is 363. The third-order valence-electron chi connectivity index (χ3n) is 3.79. The van der Waals surface area contributed by atoms with Gasteiger partial charge in [-0.1, -0.05) is 18.2 Å². The fourth-order valence-corrected chi connectivity index (χ4v) is 2.37. The molecule has 1 fully saturated rings. The molecule has 1 aromatic rings. The summed E-state index contributed by atoms with van der Waals surface area (Å²) in [7, 11) is 3.96.